The van der Waals surface area contributed by atoms with E-state index >= 15 is 0 Å². The minimum atomic E-state index is -0.191. The van der Waals surface area contributed by atoms with Crippen LogP contribution in [0.25, 0.3) is 0 Å². The van der Waals surface area contributed by atoms with Crippen LogP contribution in [0.1, 0.15) is 0 Å². The first-order chi connectivity index (χ1) is 4.66. The third-order valence-corrected chi connectivity index (χ3v) is 4.35. The zero-order chi connectivity index (χ0) is 7.78. The fourth-order valence-corrected chi connectivity index (χ4v) is 3.42. The van der Waals surface area contributed by atoms with E-state index in [1.54, 1.807) is 3.93 Å². The molecule has 0 radical (unpaired) electrons. The van der Waals surface area contributed by atoms with E-state index in [0.29, 0.717) is 0 Å². The van der Waals surface area contributed by atoms with Gasteiger partial charge in [0.1, 0.15) is 0 Å². The summed E-state index contributed by atoms with van der Waals surface area (Å²) in [6.45, 7) is 0.780. The molecule has 0 atom stereocenters. The normalized spacial score (nSPS) is 22.7. The molecular weight excluding hydrogens is 330 g/mol. The van der Waals surface area contributed by atoms with Crippen molar-refractivity contribution in [1.82, 2.24) is 3.93 Å². The Hall–Kier alpha value is 0.910. The van der Waals surface area contributed by atoms with Crippen LogP contribution in [0.2, 0.25) is 0 Å². The highest BCUT2D eigenvalue weighted by Crippen LogP contribution is 2.37. The highest BCUT2D eigenvalue weighted by molar-refractivity contribution is 9.10. The molecule has 1 fully saturated rings. The molecule has 1 aliphatic rings. The van der Waals surface area contributed by atoms with Crippen LogP contribution in [-0.4, -0.2) is 27.0 Å². The van der Waals surface area contributed by atoms with Gasteiger partial charge in [-0.2, -0.15) is 0 Å². The first-order valence-electron chi connectivity index (χ1n) is 2.76. The predicted octanol–water partition coefficient (Wildman–Crippen LogP) is 1.91. The van der Waals surface area contributed by atoms with Gasteiger partial charge in [0.15, 0.2) is 0 Å². The molecule has 1 amide bonds. The molecule has 1 heterocycles. The van der Waals surface area contributed by atoms with Crippen molar-refractivity contribution in [3.05, 3.63) is 0 Å². The zero-order valence-corrected chi connectivity index (χ0v) is 9.87. The van der Waals surface area contributed by atoms with E-state index in [1.165, 1.54) is 0 Å². The number of rotatable bonds is 2. The Morgan fingerprint density at radius 3 is 2.10 bits per heavy atom. The number of hydrogen-bond acceptors (Lipinski definition) is 1. The number of hydrogen-bond donors (Lipinski definition) is 0. The second-order valence-electron chi connectivity index (χ2n) is 2.37. The quantitative estimate of drug-likeness (QED) is 0.429. The Bertz CT molecular complexity index is 157. The number of amides is 1. The van der Waals surface area contributed by atoms with Crippen molar-refractivity contribution in [2.75, 3.05) is 17.2 Å². The molecule has 1 rings (SSSR count). The van der Waals surface area contributed by atoms with Gasteiger partial charge in [0.2, 0.25) is 5.91 Å². The number of carbonyl (C=O) groups is 1. The highest BCUT2D eigenvalue weighted by Gasteiger charge is 2.49. The van der Waals surface area contributed by atoms with Crippen molar-refractivity contribution in [3.8, 4) is 0 Å². The van der Waals surface area contributed by atoms with Crippen molar-refractivity contribution in [2.24, 2.45) is 5.41 Å². The molecule has 58 valence electrons. The van der Waals surface area contributed by atoms with Gasteiger partial charge in [-0.1, -0.05) is 31.9 Å². The number of nitrogens with zero attached hydrogens (tertiary/aromatic N) is 1. The molecule has 1 aliphatic heterocycles. The van der Waals surface area contributed by atoms with Crippen molar-refractivity contribution in [3.63, 3.8) is 0 Å². The molecule has 0 aromatic carbocycles. The van der Waals surface area contributed by atoms with Crippen molar-refractivity contribution < 1.29 is 4.79 Å². The average Bonchev–Trinajstić information content (AvgIpc) is 1.99. The Balaban J connectivity index is 2.63. The van der Waals surface area contributed by atoms with Gasteiger partial charge in [-0.25, -0.2) is 0 Å². The molecule has 0 aromatic heterocycles. The average molecular weight is 336 g/mol. The Morgan fingerprint density at radius 1 is 1.50 bits per heavy atom. The van der Waals surface area contributed by atoms with E-state index in [-0.39, 0.29) is 11.3 Å². The molecule has 1 saturated heterocycles. The number of carbonyl (C=O) groups excluding carboxylic acids is 1. The van der Waals surface area contributed by atoms with E-state index < -0.39 is 0 Å². The lowest BCUT2D eigenvalue weighted by molar-refractivity contribution is -0.145. The maximum Gasteiger partial charge on any atom is 0.242 e. The standard InChI is InChI=1S/C5H6Br3NO/c6-1-5(2-7)3-9(8)4(5)10/h1-3H2. The zero-order valence-electron chi connectivity index (χ0n) is 5.11. The van der Waals surface area contributed by atoms with E-state index in [2.05, 4.69) is 48.0 Å². The first-order valence-corrected chi connectivity index (χ1v) is 5.71. The summed E-state index contributed by atoms with van der Waals surface area (Å²) in [4.78, 5) is 11.2. The van der Waals surface area contributed by atoms with E-state index in [9.17, 15) is 4.79 Å². The second kappa shape index (κ2) is 3.11. The highest BCUT2D eigenvalue weighted by atomic mass is 79.9. The van der Waals surface area contributed by atoms with Crippen LogP contribution in [-0.2, 0) is 4.79 Å². The molecule has 0 N–H and O–H groups in total. The monoisotopic (exact) mass is 333 g/mol. The Morgan fingerprint density at radius 2 is 2.00 bits per heavy atom. The Labute approximate surface area is 84.9 Å². The third-order valence-electron chi connectivity index (χ3n) is 1.63. The minimum Gasteiger partial charge on any atom is -0.277 e. The van der Waals surface area contributed by atoms with Crippen LogP contribution in [0.5, 0.6) is 0 Å². The summed E-state index contributed by atoms with van der Waals surface area (Å²) < 4.78 is 1.55. The summed E-state index contributed by atoms with van der Waals surface area (Å²) in [5.74, 6) is 0.154. The van der Waals surface area contributed by atoms with Crippen molar-refractivity contribution in [2.45, 2.75) is 0 Å². The van der Waals surface area contributed by atoms with Gasteiger partial charge in [-0.15, -0.1) is 0 Å². The molecule has 0 saturated carbocycles. The topological polar surface area (TPSA) is 20.3 Å². The summed E-state index contributed by atoms with van der Waals surface area (Å²) >= 11 is 9.75. The van der Waals surface area contributed by atoms with Crippen LogP contribution in [0, 0.1) is 5.41 Å². The van der Waals surface area contributed by atoms with E-state index in [0.717, 1.165) is 17.2 Å². The third kappa shape index (κ3) is 1.16. The molecule has 0 aromatic rings. The lowest BCUT2D eigenvalue weighted by Gasteiger charge is -2.43. The van der Waals surface area contributed by atoms with Gasteiger partial charge in [0.25, 0.3) is 0 Å². The summed E-state index contributed by atoms with van der Waals surface area (Å²) in [5, 5.41) is 1.46. The van der Waals surface area contributed by atoms with Crippen LogP contribution in [0.4, 0.5) is 0 Å². The van der Waals surface area contributed by atoms with Crippen LogP contribution >= 0.6 is 48.0 Å². The summed E-state index contributed by atoms with van der Waals surface area (Å²) in [6, 6.07) is 0. The fraction of sp³-hybridized carbons (Fsp3) is 0.800. The van der Waals surface area contributed by atoms with Gasteiger partial charge in [0, 0.05) is 17.2 Å². The number of halogens is 3. The molecule has 0 spiro atoms. The van der Waals surface area contributed by atoms with Gasteiger partial charge in [-0.05, 0) is 0 Å². The molecule has 0 bridgehead atoms. The minimum absolute atomic E-state index is 0.154. The SMILES string of the molecule is O=C1N(Br)CC1(CBr)CBr. The van der Waals surface area contributed by atoms with Gasteiger partial charge in [-0.3, -0.25) is 8.72 Å². The maximum absolute atomic E-state index is 11.2. The van der Waals surface area contributed by atoms with E-state index in [1.807, 2.05) is 0 Å². The smallest absolute Gasteiger partial charge is 0.242 e. The van der Waals surface area contributed by atoms with Crippen LogP contribution < -0.4 is 0 Å². The summed E-state index contributed by atoms with van der Waals surface area (Å²) in [7, 11) is 0. The summed E-state index contributed by atoms with van der Waals surface area (Å²) in [5.41, 5.74) is -0.191. The lowest BCUT2D eigenvalue weighted by Crippen LogP contribution is -2.59. The Kier molecular flexibility index (Phi) is 2.80. The largest absolute Gasteiger partial charge is 0.277 e. The molecule has 5 heteroatoms. The van der Waals surface area contributed by atoms with Gasteiger partial charge in [0.05, 0.1) is 21.6 Å². The first kappa shape index (κ1) is 9.00. The fourth-order valence-electron chi connectivity index (χ4n) is 0.806. The van der Waals surface area contributed by atoms with Crippen LogP contribution in [0.3, 0.4) is 0 Å². The lowest BCUT2D eigenvalue weighted by atomic mass is 9.85. The number of alkyl halides is 2. The molecule has 0 aliphatic carbocycles. The van der Waals surface area contributed by atoms with Crippen molar-refractivity contribution >= 4 is 53.9 Å². The second-order valence-corrected chi connectivity index (χ2v) is 4.35. The van der Waals surface area contributed by atoms with Gasteiger partial charge >= 0.3 is 0 Å². The molecule has 10 heavy (non-hydrogen) atoms. The van der Waals surface area contributed by atoms with Gasteiger partial charge < -0.3 is 0 Å². The molecule has 0 unspecified atom stereocenters. The predicted molar refractivity (Wildman–Crippen MR) is 50.7 cm³/mol. The maximum atomic E-state index is 11.2. The molecule has 2 nitrogen and oxygen atoms in total. The molecular formula is C5H6Br3NO. The summed E-state index contributed by atoms with van der Waals surface area (Å²) in [6.07, 6.45) is 0. The van der Waals surface area contributed by atoms with Crippen LogP contribution in [0.15, 0.2) is 0 Å². The van der Waals surface area contributed by atoms with Crippen molar-refractivity contribution in [1.29, 1.82) is 0 Å². The number of β-lactam (4-membered cyclic amide) rings is 1. The van der Waals surface area contributed by atoms with E-state index in [4.69, 9.17) is 0 Å².